The Morgan fingerprint density at radius 3 is 2.89 bits per heavy atom. The maximum Gasteiger partial charge on any atom is 0.224 e. The van der Waals surface area contributed by atoms with Gasteiger partial charge in [0, 0.05) is 6.54 Å². The second-order valence-electron chi connectivity index (χ2n) is 5.59. The lowest BCUT2D eigenvalue weighted by Gasteiger charge is -2.10. The number of carbonyl (C=O) groups excluding carboxylic acids is 1. The fraction of sp³-hybridized carbons (Fsp3) is 0.562. The molecule has 0 aliphatic carbocycles. The zero-order chi connectivity index (χ0) is 13.7. The average Bonchev–Trinajstić information content (AvgIpc) is 2.87. The standard InChI is InChI=1S/C16H24N2O/c1-12-3-4-15(9-13(12)2)10-16(19)18-8-6-14-5-7-17-11-14/h3-4,9,14,17H,5-8,10-11H2,1-2H3,(H,18,19). The Morgan fingerprint density at radius 2 is 2.21 bits per heavy atom. The molecule has 1 heterocycles. The minimum atomic E-state index is 0.134. The van der Waals surface area contributed by atoms with Gasteiger partial charge in [-0.15, -0.1) is 0 Å². The highest BCUT2D eigenvalue weighted by Crippen LogP contribution is 2.12. The summed E-state index contributed by atoms with van der Waals surface area (Å²) in [7, 11) is 0. The molecule has 1 aromatic carbocycles. The molecule has 1 fully saturated rings. The molecular formula is C16H24N2O. The fourth-order valence-corrected chi connectivity index (χ4v) is 2.54. The van der Waals surface area contributed by atoms with E-state index in [0.717, 1.165) is 37.5 Å². The summed E-state index contributed by atoms with van der Waals surface area (Å²) in [6.07, 6.45) is 2.82. The van der Waals surface area contributed by atoms with Gasteiger partial charge in [0.2, 0.25) is 5.91 Å². The van der Waals surface area contributed by atoms with Gasteiger partial charge < -0.3 is 10.6 Å². The van der Waals surface area contributed by atoms with Crippen LogP contribution in [0.2, 0.25) is 0 Å². The van der Waals surface area contributed by atoms with E-state index in [2.05, 4.69) is 36.6 Å². The molecule has 1 aliphatic rings. The van der Waals surface area contributed by atoms with Gasteiger partial charge in [-0.3, -0.25) is 4.79 Å². The van der Waals surface area contributed by atoms with E-state index in [4.69, 9.17) is 0 Å². The van der Waals surface area contributed by atoms with Crippen molar-refractivity contribution in [2.24, 2.45) is 5.92 Å². The normalized spacial score (nSPS) is 18.5. The number of nitrogens with one attached hydrogen (secondary N) is 2. The first-order valence-corrected chi connectivity index (χ1v) is 7.18. The van der Waals surface area contributed by atoms with Crippen LogP contribution in [0.4, 0.5) is 0 Å². The molecule has 0 aromatic heterocycles. The molecule has 19 heavy (non-hydrogen) atoms. The predicted molar refractivity (Wildman–Crippen MR) is 78.2 cm³/mol. The molecule has 0 radical (unpaired) electrons. The Kier molecular flexibility index (Phi) is 4.97. The van der Waals surface area contributed by atoms with E-state index in [0.29, 0.717) is 6.42 Å². The van der Waals surface area contributed by atoms with E-state index in [-0.39, 0.29) is 5.91 Å². The van der Waals surface area contributed by atoms with Gasteiger partial charge in [0.15, 0.2) is 0 Å². The Labute approximate surface area is 115 Å². The zero-order valence-electron chi connectivity index (χ0n) is 12.0. The highest BCUT2D eigenvalue weighted by Gasteiger charge is 2.14. The lowest BCUT2D eigenvalue weighted by Crippen LogP contribution is -2.27. The van der Waals surface area contributed by atoms with Crippen molar-refractivity contribution in [2.45, 2.75) is 33.1 Å². The van der Waals surface area contributed by atoms with Gasteiger partial charge >= 0.3 is 0 Å². The number of carbonyl (C=O) groups is 1. The summed E-state index contributed by atoms with van der Waals surface area (Å²) < 4.78 is 0. The lowest BCUT2D eigenvalue weighted by molar-refractivity contribution is -0.120. The number of aryl methyl sites for hydroxylation is 2. The predicted octanol–water partition coefficient (Wildman–Crippen LogP) is 1.96. The van der Waals surface area contributed by atoms with Gasteiger partial charge in [-0.1, -0.05) is 18.2 Å². The van der Waals surface area contributed by atoms with Gasteiger partial charge in [-0.25, -0.2) is 0 Å². The van der Waals surface area contributed by atoms with Crippen molar-refractivity contribution in [3.05, 3.63) is 34.9 Å². The van der Waals surface area contributed by atoms with Crippen LogP contribution in [-0.4, -0.2) is 25.5 Å². The zero-order valence-corrected chi connectivity index (χ0v) is 12.0. The average molecular weight is 260 g/mol. The van der Waals surface area contributed by atoms with Crippen molar-refractivity contribution >= 4 is 5.91 Å². The molecule has 1 unspecified atom stereocenters. The van der Waals surface area contributed by atoms with Crippen molar-refractivity contribution in [1.29, 1.82) is 0 Å². The molecule has 0 spiro atoms. The molecule has 1 saturated heterocycles. The first-order chi connectivity index (χ1) is 9.15. The lowest BCUT2D eigenvalue weighted by atomic mass is 10.0. The van der Waals surface area contributed by atoms with Crippen molar-refractivity contribution in [1.82, 2.24) is 10.6 Å². The van der Waals surface area contributed by atoms with Crippen LogP contribution in [0.25, 0.3) is 0 Å². The van der Waals surface area contributed by atoms with Gasteiger partial charge in [-0.2, -0.15) is 0 Å². The van der Waals surface area contributed by atoms with Crippen LogP contribution in [0.5, 0.6) is 0 Å². The molecule has 1 amide bonds. The van der Waals surface area contributed by atoms with E-state index in [1.807, 2.05) is 6.07 Å². The number of benzene rings is 1. The number of amides is 1. The Hall–Kier alpha value is -1.35. The summed E-state index contributed by atoms with van der Waals surface area (Å²) in [5.41, 5.74) is 3.63. The van der Waals surface area contributed by atoms with E-state index in [1.54, 1.807) is 0 Å². The molecule has 3 heteroatoms. The summed E-state index contributed by atoms with van der Waals surface area (Å²) >= 11 is 0. The van der Waals surface area contributed by atoms with E-state index in [1.165, 1.54) is 17.5 Å². The first-order valence-electron chi connectivity index (χ1n) is 7.18. The summed E-state index contributed by atoms with van der Waals surface area (Å²) in [5.74, 6) is 0.871. The molecule has 1 atom stereocenters. The first kappa shape index (κ1) is 14.1. The van der Waals surface area contributed by atoms with Crippen LogP contribution < -0.4 is 10.6 Å². The van der Waals surface area contributed by atoms with E-state index >= 15 is 0 Å². The third-order valence-electron chi connectivity index (χ3n) is 3.97. The third kappa shape index (κ3) is 4.35. The molecule has 0 bridgehead atoms. The Morgan fingerprint density at radius 1 is 1.37 bits per heavy atom. The maximum atomic E-state index is 11.9. The van der Waals surface area contributed by atoms with Gasteiger partial charge in [-0.05, 0) is 62.4 Å². The van der Waals surface area contributed by atoms with Crippen molar-refractivity contribution in [2.75, 3.05) is 19.6 Å². The molecule has 2 rings (SSSR count). The second-order valence-corrected chi connectivity index (χ2v) is 5.59. The maximum absolute atomic E-state index is 11.9. The fourth-order valence-electron chi connectivity index (χ4n) is 2.54. The highest BCUT2D eigenvalue weighted by molar-refractivity contribution is 5.78. The number of hydrogen-bond donors (Lipinski definition) is 2. The summed E-state index contributed by atoms with van der Waals surface area (Å²) in [5, 5.41) is 6.37. The second kappa shape index (κ2) is 6.71. The minimum absolute atomic E-state index is 0.134. The van der Waals surface area contributed by atoms with Crippen LogP contribution in [-0.2, 0) is 11.2 Å². The topological polar surface area (TPSA) is 41.1 Å². The van der Waals surface area contributed by atoms with Gasteiger partial charge in [0.25, 0.3) is 0 Å². The molecule has 2 N–H and O–H groups in total. The Balaban J connectivity index is 1.72. The van der Waals surface area contributed by atoms with Crippen molar-refractivity contribution < 1.29 is 4.79 Å². The SMILES string of the molecule is Cc1ccc(CC(=O)NCCC2CCNC2)cc1C. The molecular weight excluding hydrogens is 236 g/mol. The van der Waals surface area contributed by atoms with Gasteiger partial charge in [0.1, 0.15) is 0 Å². The highest BCUT2D eigenvalue weighted by atomic mass is 16.1. The number of hydrogen-bond acceptors (Lipinski definition) is 2. The molecule has 104 valence electrons. The summed E-state index contributed by atoms with van der Waals surface area (Å²) in [4.78, 5) is 11.9. The largest absolute Gasteiger partial charge is 0.356 e. The van der Waals surface area contributed by atoms with Crippen LogP contribution in [0.3, 0.4) is 0 Å². The van der Waals surface area contributed by atoms with E-state index in [9.17, 15) is 4.79 Å². The van der Waals surface area contributed by atoms with E-state index < -0.39 is 0 Å². The van der Waals surface area contributed by atoms with Crippen LogP contribution in [0.15, 0.2) is 18.2 Å². The third-order valence-corrected chi connectivity index (χ3v) is 3.97. The van der Waals surface area contributed by atoms with Gasteiger partial charge in [0.05, 0.1) is 6.42 Å². The minimum Gasteiger partial charge on any atom is -0.356 e. The van der Waals surface area contributed by atoms with Crippen molar-refractivity contribution in [3.8, 4) is 0 Å². The smallest absolute Gasteiger partial charge is 0.224 e. The molecule has 1 aliphatic heterocycles. The monoisotopic (exact) mass is 260 g/mol. The molecule has 1 aromatic rings. The van der Waals surface area contributed by atoms with Crippen molar-refractivity contribution in [3.63, 3.8) is 0 Å². The quantitative estimate of drug-likeness (QED) is 0.850. The molecule has 0 saturated carbocycles. The number of rotatable bonds is 5. The van der Waals surface area contributed by atoms with Crippen LogP contribution >= 0.6 is 0 Å². The van der Waals surface area contributed by atoms with Crippen LogP contribution in [0, 0.1) is 19.8 Å². The summed E-state index contributed by atoms with van der Waals surface area (Å²) in [6.45, 7) is 7.21. The Bertz CT molecular complexity index is 436. The van der Waals surface area contributed by atoms with Crippen LogP contribution in [0.1, 0.15) is 29.5 Å². The summed E-state index contributed by atoms with van der Waals surface area (Å²) in [6, 6.07) is 6.24. The molecule has 3 nitrogen and oxygen atoms in total.